The molecule has 0 aromatic rings. The number of quaternary nitrogens is 1. The zero-order chi connectivity index (χ0) is 16.6. The lowest BCUT2D eigenvalue weighted by molar-refractivity contribution is -0.929. The Labute approximate surface area is 138 Å². The first-order valence-electron chi connectivity index (χ1n) is 9.02. The van der Waals surface area contributed by atoms with E-state index in [0.717, 1.165) is 6.92 Å². The zero-order valence-corrected chi connectivity index (χ0v) is 15.7. The highest BCUT2D eigenvalue weighted by atomic mass is 16.4. The predicted molar refractivity (Wildman–Crippen MR) is 94.6 cm³/mol. The van der Waals surface area contributed by atoms with Crippen molar-refractivity contribution >= 4 is 5.97 Å². The van der Waals surface area contributed by atoms with E-state index in [2.05, 4.69) is 27.7 Å². The summed E-state index contributed by atoms with van der Waals surface area (Å²) >= 11 is 0. The predicted octanol–water partition coefficient (Wildman–Crippen LogP) is 4.92. The summed E-state index contributed by atoms with van der Waals surface area (Å²) in [4.78, 5) is 9.00. The van der Waals surface area contributed by atoms with Crippen LogP contribution in [0.4, 0.5) is 0 Å². The number of rotatable bonds is 12. The van der Waals surface area contributed by atoms with Crippen molar-refractivity contribution in [1.29, 1.82) is 0 Å². The summed E-state index contributed by atoms with van der Waals surface area (Å²) in [6, 6.07) is 0. The molecule has 4 heteroatoms. The molecule has 0 spiro atoms. The number of unbranched alkanes of at least 4 members (excludes halogenated alkanes) is 4. The largest absolute Gasteiger partial charge is 0.870 e. The average molecular weight is 320 g/mol. The van der Waals surface area contributed by atoms with E-state index in [1.807, 2.05) is 0 Å². The molecule has 0 bridgehead atoms. The van der Waals surface area contributed by atoms with E-state index in [9.17, 15) is 0 Å². The van der Waals surface area contributed by atoms with Gasteiger partial charge in [-0.25, -0.2) is 0 Å². The van der Waals surface area contributed by atoms with Crippen LogP contribution < -0.4 is 0 Å². The maximum absolute atomic E-state index is 9.00. The number of carbonyl (C=O) groups is 1. The van der Waals surface area contributed by atoms with Gasteiger partial charge < -0.3 is 15.1 Å². The maximum Gasteiger partial charge on any atom is 0.300 e. The van der Waals surface area contributed by atoms with E-state index in [0.29, 0.717) is 0 Å². The summed E-state index contributed by atoms with van der Waals surface area (Å²) in [5, 5.41) is 7.42. The molecule has 0 aliphatic heterocycles. The van der Waals surface area contributed by atoms with Gasteiger partial charge in [-0.05, 0) is 25.7 Å². The van der Waals surface area contributed by atoms with Crippen LogP contribution in [0.25, 0.3) is 0 Å². The minimum absolute atomic E-state index is 0. The molecule has 136 valence electrons. The Hall–Kier alpha value is -0.610. The van der Waals surface area contributed by atoms with Gasteiger partial charge in [-0.1, -0.05) is 53.4 Å². The molecule has 2 N–H and O–H groups in total. The van der Waals surface area contributed by atoms with E-state index in [1.54, 1.807) is 0 Å². The van der Waals surface area contributed by atoms with Crippen molar-refractivity contribution in [3.63, 3.8) is 0 Å². The van der Waals surface area contributed by atoms with Gasteiger partial charge >= 0.3 is 0 Å². The van der Waals surface area contributed by atoms with Crippen LogP contribution in [-0.4, -0.2) is 47.2 Å². The van der Waals surface area contributed by atoms with E-state index in [4.69, 9.17) is 9.90 Å². The van der Waals surface area contributed by atoms with Crippen LogP contribution in [0.2, 0.25) is 0 Å². The molecule has 0 aliphatic carbocycles. The van der Waals surface area contributed by atoms with Crippen molar-refractivity contribution < 1.29 is 19.9 Å². The molecular formula is C18H41NO3. The molecule has 0 aliphatic rings. The molecule has 0 rings (SSSR count). The molecule has 0 heterocycles. The van der Waals surface area contributed by atoms with Gasteiger partial charge in [0.15, 0.2) is 0 Å². The topological polar surface area (TPSA) is 67.3 Å². The molecule has 0 saturated carbocycles. The summed E-state index contributed by atoms with van der Waals surface area (Å²) in [6.07, 6.45) is 11.1. The molecule has 4 nitrogen and oxygen atoms in total. The normalized spacial score (nSPS) is 10.4. The molecule has 0 atom stereocenters. The zero-order valence-electron chi connectivity index (χ0n) is 15.7. The Morgan fingerprint density at radius 2 is 0.909 bits per heavy atom. The summed E-state index contributed by atoms with van der Waals surface area (Å²) in [5.41, 5.74) is 0. The van der Waals surface area contributed by atoms with Crippen molar-refractivity contribution in [3.8, 4) is 0 Å². The van der Waals surface area contributed by atoms with E-state index in [-0.39, 0.29) is 5.48 Å². The lowest BCUT2D eigenvalue weighted by atomic mass is 10.1. The fraction of sp³-hybridized carbons (Fsp3) is 0.944. The summed E-state index contributed by atoms with van der Waals surface area (Å²) in [6.45, 7) is 16.1. The van der Waals surface area contributed by atoms with Crippen LogP contribution in [0.1, 0.15) is 86.0 Å². The Kier molecular flexibility index (Phi) is 22.0. The SMILES string of the molecule is CC(=O)O.CCCC[N+](CCCC)(CCCC)CCCC.[OH-]. The van der Waals surface area contributed by atoms with Gasteiger partial charge in [-0.3, -0.25) is 4.79 Å². The minimum Gasteiger partial charge on any atom is -0.870 e. The van der Waals surface area contributed by atoms with Crippen LogP contribution in [0, 0.1) is 0 Å². The van der Waals surface area contributed by atoms with Gasteiger partial charge in [0.25, 0.3) is 5.97 Å². The molecule has 0 saturated heterocycles. The number of aliphatic carboxylic acids is 1. The van der Waals surface area contributed by atoms with E-state index < -0.39 is 5.97 Å². The van der Waals surface area contributed by atoms with Gasteiger partial charge in [0.05, 0.1) is 26.2 Å². The van der Waals surface area contributed by atoms with Crippen molar-refractivity contribution in [2.24, 2.45) is 0 Å². The second-order valence-corrected chi connectivity index (χ2v) is 6.17. The van der Waals surface area contributed by atoms with Crippen LogP contribution in [0.15, 0.2) is 0 Å². The Morgan fingerprint density at radius 3 is 1.05 bits per heavy atom. The Morgan fingerprint density at radius 1 is 0.727 bits per heavy atom. The summed E-state index contributed by atoms with van der Waals surface area (Å²) in [7, 11) is 0. The first kappa shape index (κ1) is 26.3. The Balaban J connectivity index is -0.000000640. The van der Waals surface area contributed by atoms with Gasteiger partial charge in [0.2, 0.25) is 0 Å². The lowest BCUT2D eigenvalue weighted by Crippen LogP contribution is -2.50. The third-order valence-electron chi connectivity index (χ3n) is 3.94. The quantitative estimate of drug-likeness (QED) is 0.519. The highest BCUT2D eigenvalue weighted by Crippen LogP contribution is 2.16. The summed E-state index contributed by atoms with van der Waals surface area (Å²) < 4.78 is 1.42. The maximum atomic E-state index is 9.00. The molecule has 0 unspecified atom stereocenters. The van der Waals surface area contributed by atoms with Crippen LogP contribution in [-0.2, 0) is 4.79 Å². The molecular weight excluding hydrogens is 278 g/mol. The second kappa shape index (κ2) is 18.4. The first-order valence-corrected chi connectivity index (χ1v) is 9.02. The smallest absolute Gasteiger partial charge is 0.300 e. The van der Waals surface area contributed by atoms with Gasteiger partial charge in [-0.15, -0.1) is 0 Å². The number of carboxylic acids is 1. The Bertz CT molecular complexity index is 191. The number of nitrogens with zero attached hydrogens (tertiary/aromatic N) is 1. The van der Waals surface area contributed by atoms with Crippen LogP contribution in [0.5, 0.6) is 0 Å². The van der Waals surface area contributed by atoms with Crippen LogP contribution in [0.3, 0.4) is 0 Å². The third-order valence-corrected chi connectivity index (χ3v) is 3.94. The number of hydrogen-bond acceptors (Lipinski definition) is 2. The van der Waals surface area contributed by atoms with Crippen LogP contribution >= 0.6 is 0 Å². The van der Waals surface area contributed by atoms with Crippen molar-refractivity contribution in [3.05, 3.63) is 0 Å². The molecule has 22 heavy (non-hydrogen) atoms. The molecule has 0 radical (unpaired) electrons. The fourth-order valence-corrected chi connectivity index (χ4v) is 2.64. The fourth-order valence-electron chi connectivity index (χ4n) is 2.64. The van der Waals surface area contributed by atoms with Crippen molar-refractivity contribution in [1.82, 2.24) is 0 Å². The average Bonchev–Trinajstić information content (AvgIpc) is 2.45. The van der Waals surface area contributed by atoms with Crippen molar-refractivity contribution in [2.75, 3.05) is 26.2 Å². The lowest BCUT2D eigenvalue weighted by Gasteiger charge is -2.39. The molecule has 0 aromatic carbocycles. The highest BCUT2D eigenvalue weighted by molar-refractivity contribution is 5.62. The molecule has 0 amide bonds. The van der Waals surface area contributed by atoms with Gasteiger partial charge in [-0.2, -0.15) is 0 Å². The van der Waals surface area contributed by atoms with Crippen molar-refractivity contribution in [2.45, 2.75) is 86.0 Å². The molecule has 0 fully saturated rings. The van der Waals surface area contributed by atoms with Gasteiger partial charge in [0.1, 0.15) is 0 Å². The van der Waals surface area contributed by atoms with E-state index >= 15 is 0 Å². The monoisotopic (exact) mass is 319 g/mol. The number of carboxylic acid groups (broad SMARTS) is 1. The first-order chi connectivity index (χ1) is 9.97. The minimum atomic E-state index is -0.833. The standard InChI is InChI=1S/C16H36N.C2H4O2.H2O/c1-5-9-13-17(14-10-6-2,15-11-7-3)16-12-8-4;1-2(3)4;/h5-16H2,1-4H3;1H3,(H,3,4);1H2/q+1;;/p-1. The number of hydrogen-bond donors (Lipinski definition) is 1. The second-order valence-electron chi connectivity index (χ2n) is 6.17. The van der Waals surface area contributed by atoms with Gasteiger partial charge in [0, 0.05) is 6.92 Å². The highest BCUT2D eigenvalue weighted by Gasteiger charge is 2.24. The summed E-state index contributed by atoms with van der Waals surface area (Å²) in [5.74, 6) is -0.833. The third kappa shape index (κ3) is 17.4. The molecule has 0 aromatic heterocycles. The van der Waals surface area contributed by atoms with E-state index in [1.165, 1.54) is 82.0 Å².